The molecule has 0 rings (SSSR count). The number of hydrogen-bond acceptors (Lipinski definition) is 16. The fraction of sp³-hybridized carbons (Fsp3) is 0. The Balaban J connectivity index is -0.0000000152. The average Bonchev–Trinajstić information content (AvgIpc) is 1.62. The molecule has 0 aliphatic rings. The molecular weight excluding hydrogens is 747 g/mol. The van der Waals surface area contributed by atoms with Crippen molar-refractivity contribution < 1.29 is 178 Å². The summed E-state index contributed by atoms with van der Waals surface area (Å²) in [6, 6.07) is 0. The number of rotatable bonds is 0. The molecule has 0 amide bonds. The summed E-state index contributed by atoms with van der Waals surface area (Å²) in [6.45, 7) is 0. The van der Waals surface area contributed by atoms with Gasteiger partial charge in [0.25, 0.3) is 0 Å². The standard InChI is InChI=1S/3Cu.3Ni.4H3O4P/c;;;;;;4*1-5(2,3)4/h;;;;;;4*(H3,1,2,3,4)/q6*+2;;;;/p-12. The molecule has 26 heteroatoms. The Hall–Kier alpha value is 3.48. The summed E-state index contributed by atoms with van der Waals surface area (Å²) < 4.78 is 34.2. The summed E-state index contributed by atoms with van der Waals surface area (Å²) in [4.78, 5) is 103. The van der Waals surface area contributed by atoms with E-state index in [0.717, 1.165) is 0 Å². The van der Waals surface area contributed by atoms with E-state index in [1.54, 1.807) is 0 Å². The van der Waals surface area contributed by atoms with Crippen LogP contribution in [-0.4, -0.2) is 0 Å². The molecule has 0 heterocycles. The van der Waals surface area contributed by atoms with Gasteiger partial charge < -0.3 is 77.0 Å². The monoisotopic (exact) mass is 742 g/mol. The molecule has 0 aliphatic heterocycles. The van der Waals surface area contributed by atoms with Crippen molar-refractivity contribution >= 4 is 31.3 Å². The van der Waals surface area contributed by atoms with Gasteiger partial charge in [0.05, 0.1) is 0 Å². The van der Waals surface area contributed by atoms with Gasteiger partial charge in [0, 0.05) is 0 Å². The van der Waals surface area contributed by atoms with E-state index in [2.05, 4.69) is 0 Å². The summed E-state index contributed by atoms with van der Waals surface area (Å²) >= 11 is 0. The maximum Gasteiger partial charge on any atom is 2.00 e. The molecule has 26 heavy (non-hydrogen) atoms. The molecule has 16 nitrogen and oxygen atoms in total. The van der Waals surface area contributed by atoms with Crippen molar-refractivity contribution in [3.05, 3.63) is 0 Å². The van der Waals surface area contributed by atoms with E-state index < -0.39 is 31.3 Å². The van der Waals surface area contributed by atoms with Gasteiger partial charge in [0.2, 0.25) is 0 Å². The van der Waals surface area contributed by atoms with Gasteiger partial charge in [-0.05, 0) is 0 Å². The first-order valence-electron chi connectivity index (χ1n) is 2.92. The van der Waals surface area contributed by atoms with Crippen LogP contribution in [0, 0.1) is 0 Å². The summed E-state index contributed by atoms with van der Waals surface area (Å²) in [5.41, 5.74) is 0. The summed E-state index contributed by atoms with van der Waals surface area (Å²) in [5, 5.41) is 0. The van der Waals surface area contributed by atoms with Gasteiger partial charge in [-0.25, -0.2) is 0 Å². The first kappa shape index (κ1) is 63.0. The third kappa shape index (κ3) is 1590. The molecule has 0 fully saturated rings. The van der Waals surface area contributed by atoms with E-state index in [9.17, 15) is 0 Å². The molecule has 0 spiro atoms. The minimum atomic E-state index is -5.39. The van der Waals surface area contributed by atoms with Crippen LogP contribution in [0.1, 0.15) is 0 Å². The zero-order chi connectivity index (χ0) is 18.0. The largest absolute Gasteiger partial charge is 2.00 e. The average molecular weight is 747 g/mol. The van der Waals surface area contributed by atoms with Crippen molar-refractivity contribution in [2.45, 2.75) is 0 Å². The fourth-order valence-electron chi connectivity index (χ4n) is 0. The van der Waals surface area contributed by atoms with E-state index >= 15 is 0 Å². The Kier molecular flexibility index (Phi) is 69.0. The third-order valence-electron chi connectivity index (χ3n) is 0. The van der Waals surface area contributed by atoms with Gasteiger partial charge in [-0.15, -0.1) is 0 Å². The Labute approximate surface area is 207 Å². The molecule has 0 N–H and O–H groups in total. The van der Waals surface area contributed by atoms with E-state index in [0.29, 0.717) is 0 Å². The number of phosphoric acid groups is 4. The molecular formula is Cu3Ni3O16P4. The second-order valence-electron chi connectivity index (χ2n) is 1.79. The van der Waals surface area contributed by atoms with Crippen LogP contribution in [0.5, 0.6) is 0 Å². The molecule has 0 unspecified atom stereocenters. The maximum atomic E-state index is 8.55. The second kappa shape index (κ2) is 28.5. The van der Waals surface area contributed by atoms with Gasteiger partial charge in [0.15, 0.2) is 0 Å². The zero-order valence-electron chi connectivity index (χ0n) is 10.2. The fourth-order valence-corrected chi connectivity index (χ4v) is 0. The van der Waals surface area contributed by atoms with Crippen LogP contribution in [0.2, 0.25) is 0 Å². The minimum absolute atomic E-state index is 0. The van der Waals surface area contributed by atoms with Gasteiger partial charge in [-0.1, -0.05) is 0 Å². The SMILES string of the molecule is O=P([O-])([O-])[O-].O=P([O-])([O-])[O-].O=P([O-])([O-])[O-].O=P([O-])([O-])[O-].[Cu+2].[Cu+2].[Cu+2].[Ni+2].[Ni+2].[Ni+2]. The van der Waals surface area contributed by atoms with Crippen LogP contribution in [0.15, 0.2) is 0 Å². The molecule has 0 aromatic heterocycles. The Bertz CT molecular complexity index is 305. The molecule has 0 bridgehead atoms. The normalized spacial score (nSPS) is 9.08. The Morgan fingerprint density at radius 3 is 0.308 bits per heavy atom. The summed E-state index contributed by atoms with van der Waals surface area (Å²) in [6.07, 6.45) is 0. The van der Waals surface area contributed by atoms with Crippen LogP contribution in [-0.2, 0) is 119 Å². The van der Waals surface area contributed by atoms with Crippen LogP contribution in [0.3, 0.4) is 0 Å². The van der Waals surface area contributed by atoms with Crippen molar-refractivity contribution in [3.63, 3.8) is 0 Å². The zero-order valence-corrected chi connectivity index (χ0v) is 19.5. The number of hydrogen-bond donors (Lipinski definition) is 0. The van der Waals surface area contributed by atoms with Crippen LogP contribution in [0.4, 0.5) is 0 Å². The van der Waals surface area contributed by atoms with Crippen molar-refractivity contribution in [1.29, 1.82) is 0 Å². The third-order valence-corrected chi connectivity index (χ3v) is 0. The molecule has 0 saturated heterocycles. The topological polar surface area (TPSA) is 345 Å². The maximum absolute atomic E-state index is 8.55. The Morgan fingerprint density at radius 1 is 0.308 bits per heavy atom. The molecule has 3 radical (unpaired) electrons. The van der Waals surface area contributed by atoms with E-state index in [1.165, 1.54) is 0 Å². The molecule has 0 atom stereocenters. The smallest absolute Gasteiger partial charge is 0.822 e. The first-order chi connectivity index (χ1) is 8.00. The first-order valence-corrected chi connectivity index (χ1v) is 8.76. The van der Waals surface area contributed by atoms with Crippen LogP contribution < -0.4 is 58.7 Å². The second-order valence-corrected chi connectivity index (χ2v) is 5.37. The molecule has 0 aliphatic carbocycles. The summed E-state index contributed by atoms with van der Waals surface area (Å²) in [7, 11) is -21.6. The molecule has 179 valence electrons. The molecule has 0 aromatic carbocycles. The molecule has 0 aromatic rings. The summed E-state index contributed by atoms with van der Waals surface area (Å²) in [5.74, 6) is 0. The van der Waals surface area contributed by atoms with Crippen molar-refractivity contribution in [3.8, 4) is 0 Å². The minimum Gasteiger partial charge on any atom is -0.822 e. The molecule has 0 saturated carbocycles. The van der Waals surface area contributed by atoms with Crippen molar-refractivity contribution in [1.82, 2.24) is 0 Å². The predicted molar refractivity (Wildman–Crippen MR) is 30.4 cm³/mol. The van der Waals surface area contributed by atoms with Gasteiger partial charge in [0.1, 0.15) is 0 Å². The Morgan fingerprint density at radius 2 is 0.308 bits per heavy atom. The van der Waals surface area contributed by atoms with Crippen molar-refractivity contribution in [2.24, 2.45) is 0 Å². The van der Waals surface area contributed by atoms with E-state index in [-0.39, 0.29) is 101 Å². The van der Waals surface area contributed by atoms with E-state index in [1.807, 2.05) is 0 Å². The van der Waals surface area contributed by atoms with Gasteiger partial charge in [-0.3, -0.25) is 0 Å². The predicted octanol–water partition coefficient (Wildman–Crippen LogP) is -11.3. The van der Waals surface area contributed by atoms with E-state index in [4.69, 9.17) is 77.0 Å². The van der Waals surface area contributed by atoms with Crippen molar-refractivity contribution in [2.75, 3.05) is 0 Å². The van der Waals surface area contributed by atoms with Gasteiger partial charge in [-0.2, -0.15) is 31.3 Å². The van der Waals surface area contributed by atoms with Gasteiger partial charge >= 0.3 is 101 Å². The van der Waals surface area contributed by atoms with Crippen LogP contribution in [0.25, 0.3) is 0 Å². The quantitative estimate of drug-likeness (QED) is 0.164. The van der Waals surface area contributed by atoms with Crippen LogP contribution >= 0.6 is 31.3 Å².